The van der Waals surface area contributed by atoms with Crippen LogP contribution in [0.4, 0.5) is 0 Å². The highest BCUT2D eigenvalue weighted by Gasteiger charge is 2.43. The van der Waals surface area contributed by atoms with Crippen LogP contribution >= 0.6 is 0 Å². The molecule has 2 nitrogen and oxygen atoms in total. The predicted octanol–water partition coefficient (Wildman–Crippen LogP) is 3.69. The van der Waals surface area contributed by atoms with E-state index in [1.165, 1.54) is 38.8 Å². The van der Waals surface area contributed by atoms with Gasteiger partial charge in [-0.1, -0.05) is 40.5 Å². The molecule has 18 heavy (non-hydrogen) atoms. The summed E-state index contributed by atoms with van der Waals surface area (Å²) in [6, 6.07) is 0. The van der Waals surface area contributed by atoms with E-state index in [1.807, 2.05) is 6.92 Å². The van der Waals surface area contributed by atoms with E-state index in [2.05, 4.69) is 32.6 Å². The number of β-amino-alcohol motifs (C(OH)–C–C–N with tert-alkyl or cyclic N) is 1. The molecule has 0 aromatic heterocycles. The molecule has 0 radical (unpaired) electrons. The van der Waals surface area contributed by atoms with E-state index in [-0.39, 0.29) is 0 Å². The van der Waals surface area contributed by atoms with Gasteiger partial charge in [0.15, 0.2) is 0 Å². The Balaban J connectivity index is 2.40. The summed E-state index contributed by atoms with van der Waals surface area (Å²) in [5, 5.41) is 10.4. The molecule has 2 heteroatoms. The molecule has 1 rings (SSSR count). The third-order valence-electron chi connectivity index (χ3n) is 4.09. The van der Waals surface area contributed by atoms with Crippen LogP contribution in [0.3, 0.4) is 0 Å². The minimum absolute atomic E-state index is 0.515. The number of aliphatic hydroxyl groups is 1. The predicted molar refractivity (Wildman–Crippen MR) is 78.8 cm³/mol. The zero-order valence-corrected chi connectivity index (χ0v) is 13.1. The summed E-state index contributed by atoms with van der Waals surface area (Å²) >= 11 is 0. The monoisotopic (exact) mass is 255 g/mol. The first-order chi connectivity index (χ1) is 8.32. The molecular weight excluding hydrogens is 222 g/mol. The van der Waals surface area contributed by atoms with E-state index < -0.39 is 5.60 Å². The van der Waals surface area contributed by atoms with E-state index >= 15 is 0 Å². The molecule has 0 aromatic rings. The lowest BCUT2D eigenvalue weighted by Gasteiger charge is -2.52. The van der Waals surface area contributed by atoms with Gasteiger partial charge in [-0.3, -0.25) is 4.90 Å². The maximum atomic E-state index is 10.4. The second kappa shape index (κ2) is 6.38. The van der Waals surface area contributed by atoms with E-state index in [9.17, 15) is 5.11 Å². The SMILES string of the molecule is CCCC1(CCC)CN(CC(C)(O)CC(C)C)C1. The second-order valence-corrected chi connectivity index (χ2v) is 7.24. The molecule has 1 aliphatic rings. The summed E-state index contributed by atoms with van der Waals surface area (Å²) in [4.78, 5) is 2.45. The quantitative estimate of drug-likeness (QED) is 0.715. The minimum atomic E-state index is -0.515. The summed E-state index contributed by atoms with van der Waals surface area (Å²) in [5.74, 6) is 0.567. The lowest BCUT2D eigenvalue weighted by atomic mass is 9.72. The average Bonchev–Trinajstić information content (AvgIpc) is 2.12. The smallest absolute Gasteiger partial charge is 0.0748 e. The number of rotatable bonds is 8. The van der Waals surface area contributed by atoms with Crippen LogP contribution in [0.2, 0.25) is 0 Å². The fourth-order valence-corrected chi connectivity index (χ4v) is 3.94. The van der Waals surface area contributed by atoms with E-state index in [0.29, 0.717) is 11.3 Å². The van der Waals surface area contributed by atoms with Crippen molar-refractivity contribution < 1.29 is 5.11 Å². The van der Waals surface area contributed by atoms with Crippen molar-refractivity contribution in [1.29, 1.82) is 0 Å². The van der Waals surface area contributed by atoms with Crippen molar-refractivity contribution in [2.24, 2.45) is 11.3 Å². The molecule has 0 spiro atoms. The van der Waals surface area contributed by atoms with Gasteiger partial charge in [-0.15, -0.1) is 0 Å². The normalized spacial score (nSPS) is 22.8. The Kier molecular flexibility index (Phi) is 5.67. The molecule has 1 aliphatic heterocycles. The zero-order valence-electron chi connectivity index (χ0n) is 13.1. The van der Waals surface area contributed by atoms with Crippen LogP contribution in [-0.2, 0) is 0 Å². The summed E-state index contributed by atoms with van der Waals surface area (Å²) in [7, 11) is 0. The molecule has 0 saturated carbocycles. The molecule has 1 unspecified atom stereocenters. The standard InChI is InChI=1S/C16H33NO/c1-6-8-16(9-7-2)12-17(13-16)11-15(5,18)10-14(3)4/h14,18H,6-13H2,1-5H3. The number of nitrogens with zero attached hydrogens (tertiary/aromatic N) is 1. The topological polar surface area (TPSA) is 23.5 Å². The van der Waals surface area contributed by atoms with Gasteiger partial charge in [-0.25, -0.2) is 0 Å². The number of hydrogen-bond acceptors (Lipinski definition) is 2. The second-order valence-electron chi connectivity index (χ2n) is 7.24. The number of likely N-dealkylation sites (tertiary alicyclic amines) is 1. The molecule has 0 aromatic carbocycles. The molecule has 1 saturated heterocycles. The Morgan fingerprint density at radius 3 is 2.06 bits per heavy atom. The van der Waals surface area contributed by atoms with Crippen LogP contribution in [0.15, 0.2) is 0 Å². The fourth-order valence-electron chi connectivity index (χ4n) is 3.94. The first-order valence-corrected chi connectivity index (χ1v) is 7.77. The van der Waals surface area contributed by atoms with Crippen molar-refractivity contribution in [3.63, 3.8) is 0 Å². The third kappa shape index (κ3) is 4.55. The van der Waals surface area contributed by atoms with Crippen molar-refractivity contribution in [3.05, 3.63) is 0 Å². The summed E-state index contributed by atoms with van der Waals surface area (Å²) in [5.41, 5.74) is 0.0518. The van der Waals surface area contributed by atoms with Crippen LogP contribution < -0.4 is 0 Å². The van der Waals surface area contributed by atoms with Crippen molar-refractivity contribution >= 4 is 0 Å². The van der Waals surface area contributed by atoms with Crippen LogP contribution in [0, 0.1) is 11.3 Å². The molecule has 0 amide bonds. The largest absolute Gasteiger partial charge is 0.389 e. The van der Waals surface area contributed by atoms with Crippen molar-refractivity contribution in [1.82, 2.24) is 4.90 Å². The van der Waals surface area contributed by atoms with Crippen LogP contribution in [0.5, 0.6) is 0 Å². The van der Waals surface area contributed by atoms with Gasteiger partial charge < -0.3 is 5.11 Å². The van der Waals surface area contributed by atoms with Gasteiger partial charge in [0, 0.05) is 19.6 Å². The first kappa shape index (κ1) is 16.0. The Labute approximate surface area is 114 Å². The maximum absolute atomic E-state index is 10.4. The minimum Gasteiger partial charge on any atom is -0.389 e. The molecule has 0 bridgehead atoms. The lowest BCUT2D eigenvalue weighted by Crippen LogP contribution is -2.59. The summed E-state index contributed by atoms with van der Waals surface area (Å²) in [6.45, 7) is 14.2. The van der Waals surface area contributed by atoms with Gasteiger partial charge >= 0.3 is 0 Å². The van der Waals surface area contributed by atoms with Crippen molar-refractivity contribution in [2.75, 3.05) is 19.6 Å². The van der Waals surface area contributed by atoms with Gasteiger partial charge in [0.25, 0.3) is 0 Å². The fraction of sp³-hybridized carbons (Fsp3) is 1.00. The van der Waals surface area contributed by atoms with Crippen LogP contribution in [0.1, 0.15) is 66.7 Å². The first-order valence-electron chi connectivity index (χ1n) is 7.77. The Morgan fingerprint density at radius 2 is 1.67 bits per heavy atom. The summed E-state index contributed by atoms with van der Waals surface area (Å²) < 4.78 is 0. The van der Waals surface area contributed by atoms with Gasteiger partial charge in [-0.05, 0) is 37.5 Å². The molecule has 108 valence electrons. The highest BCUT2D eigenvalue weighted by molar-refractivity contribution is 4.96. The molecule has 1 fully saturated rings. The Hall–Kier alpha value is -0.0800. The molecule has 1 heterocycles. The lowest BCUT2D eigenvalue weighted by molar-refractivity contribution is -0.0746. The van der Waals surface area contributed by atoms with Crippen molar-refractivity contribution in [3.8, 4) is 0 Å². The van der Waals surface area contributed by atoms with Gasteiger partial charge in [-0.2, -0.15) is 0 Å². The van der Waals surface area contributed by atoms with E-state index in [1.54, 1.807) is 0 Å². The Morgan fingerprint density at radius 1 is 1.17 bits per heavy atom. The molecular formula is C16H33NO. The zero-order chi connectivity index (χ0) is 13.8. The van der Waals surface area contributed by atoms with Gasteiger partial charge in [0.1, 0.15) is 0 Å². The van der Waals surface area contributed by atoms with Crippen LogP contribution in [-0.4, -0.2) is 35.2 Å². The third-order valence-corrected chi connectivity index (χ3v) is 4.09. The average molecular weight is 255 g/mol. The maximum Gasteiger partial charge on any atom is 0.0748 e. The highest BCUT2D eigenvalue weighted by atomic mass is 16.3. The van der Waals surface area contributed by atoms with E-state index in [4.69, 9.17) is 0 Å². The highest BCUT2D eigenvalue weighted by Crippen LogP contribution is 2.40. The Bertz CT molecular complexity index is 233. The van der Waals surface area contributed by atoms with Crippen molar-refractivity contribution in [2.45, 2.75) is 72.3 Å². The van der Waals surface area contributed by atoms with E-state index in [0.717, 1.165) is 13.0 Å². The number of hydrogen-bond donors (Lipinski definition) is 1. The van der Waals surface area contributed by atoms with Crippen LogP contribution in [0.25, 0.3) is 0 Å². The van der Waals surface area contributed by atoms with Gasteiger partial charge in [0.2, 0.25) is 0 Å². The molecule has 1 N–H and O–H groups in total. The molecule has 0 aliphatic carbocycles. The van der Waals surface area contributed by atoms with Gasteiger partial charge in [0.05, 0.1) is 5.60 Å². The molecule has 1 atom stereocenters. The summed E-state index contributed by atoms with van der Waals surface area (Å²) in [6.07, 6.45) is 6.18.